The van der Waals surface area contributed by atoms with Crippen LogP contribution in [0.1, 0.15) is 17.3 Å². The van der Waals surface area contributed by atoms with E-state index in [9.17, 15) is 4.79 Å². The maximum absolute atomic E-state index is 11.1. The van der Waals surface area contributed by atoms with Gasteiger partial charge in [-0.05, 0) is 13.0 Å². The molecule has 1 aliphatic heterocycles. The summed E-state index contributed by atoms with van der Waals surface area (Å²) in [5, 5.41) is 12.3. The number of rotatable bonds is 5. The van der Waals surface area contributed by atoms with Crippen LogP contribution >= 0.6 is 0 Å². The topological polar surface area (TPSA) is 74.7 Å². The number of aromatic carboxylic acids is 1. The number of anilines is 1. The zero-order valence-electron chi connectivity index (χ0n) is 11.0. The molecule has 0 aliphatic carbocycles. The zero-order valence-corrected chi connectivity index (χ0v) is 11.0. The van der Waals surface area contributed by atoms with Gasteiger partial charge in [-0.25, -0.2) is 4.79 Å². The molecular formula is C13H19N3O3. The molecule has 0 spiro atoms. The zero-order chi connectivity index (χ0) is 13.7. The second kappa shape index (κ2) is 6.49. The third-order valence-electron chi connectivity index (χ3n) is 3.09. The highest BCUT2D eigenvalue weighted by Crippen LogP contribution is 2.15. The molecule has 2 rings (SSSR count). The molecule has 2 heterocycles. The number of nitrogens with one attached hydrogen (secondary N) is 1. The van der Waals surface area contributed by atoms with E-state index in [1.54, 1.807) is 6.20 Å². The molecule has 0 radical (unpaired) electrons. The summed E-state index contributed by atoms with van der Waals surface area (Å²) in [6.07, 6.45) is 3.04. The number of hydrogen-bond donors (Lipinski definition) is 2. The second-order valence-electron chi connectivity index (χ2n) is 4.68. The first-order chi connectivity index (χ1) is 9.16. The third kappa shape index (κ3) is 3.90. The van der Waals surface area contributed by atoms with Crippen molar-refractivity contribution in [2.45, 2.75) is 13.0 Å². The van der Waals surface area contributed by atoms with Crippen LogP contribution in [0.4, 0.5) is 5.69 Å². The molecular weight excluding hydrogens is 246 g/mol. The summed E-state index contributed by atoms with van der Waals surface area (Å²) >= 11 is 0. The SMILES string of the molecule is CC(CN1CCOCC1)Nc1cnccc1C(=O)O. The van der Waals surface area contributed by atoms with Gasteiger partial charge in [-0.1, -0.05) is 0 Å². The maximum atomic E-state index is 11.1. The molecule has 1 aromatic rings. The van der Waals surface area contributed by atoms with E-state index in [4.69, 9.17) is 9.84 Å². The van der Waals surface area contributed by atoms with Gasteiger partial charge in [-0.2, -0.15) is 0 Å². The second-order valence-corrected chi connectivity index (χ2v) is 4.68. The summed E-state index contributed by atoms with van der Waals surface area (Å²) in [6, 6.07) is 1.66. The van der Waals surface area contributed by atoms with E-state index < -0.39 is 5.97 Å². The Kier molecular flexibility index (Phi) is 4.70. The number of ether oxygens (including phenoxy) is 1. The highest BCUT2D eigenvalue weighted by molar-refractivity contribution is 5.93. The Bertz CT molecular complexity index is 433. The molecule has 6 heteroatoms. The Hall–Kier alpha value is -1.66. The van der Waals surface area contributed by atoms with Crippen LogP contribution in [0.15, 0.2) is 18.5 Å². The van der Waals surface area contributed by atoms with Gasteiger partial charge in [0.05, 0.1) is 30.7 Å². The molecule has 1 atom stereocenters. The van der Waals surface area contributed by atoms with Gasteiger partial charge in [0.1, 0.15) is 0 Å². The molecule has 1 aliphatic rings. The van der Waals surface area contributed by atoms with Gasteiger partial charge >= 0.3 is 5.97 Å². The Morgan fingerprint density at radius 2 is 2.32 bits per heavy atom. The molecule has 0 saturated carbocycles. The molecule has 6 nitrogen and oxygen atoms in total. The fraction of sp³-hybridized carbons (Fsp3) is 0.538. The normalized spacial score (nSPS) is 17.9. The van der Waals surface area contributed by atoms with Gasteiger partial charge in [0.25, 0.3) is 0 Å². The number of pyridine rings is 1. The maximum Gasteiger partial charge on any atom is 0.337 e. The van der Waals surface area contributed by atoms with Crippen LogP contribution in [0.2, 0.25) is 0 Å². The third-order valence-corrected chi connectivity index (χ3v) is 3.09. The predicted molar refractivity (Wildman–Crippen MR) is 71.5 cm³/mol. The highest BCUT2D eigenvalue weighted by Gasteiger charge is 2.16. The molecule has 1 fully saturated rings. The largest absolute Gasteiger partial charge is 0.478 e. The molecule has 0 bridgehead atoms. The van der Waals surface area contributed by atoms with E-state index in [-0.39, 0.29) is 11.6 Å². The van der Waals surface area contributed by atoms with Crippen molar-refractivity contribution in [2.24, 2.45) is 0 Å². The van der Waals surface area contributed by atoms with Crippen molar-refractivity contribution in [1.29, 1.82) is 0 Å². The van der Waals surface area contributed by atoms with Crippen molar-refractivity contribution < 1.29 is 14.6 Å². The minimum absolute atomic E-state index is 0.153. The van der Waals surface area contributed by atoms with Crippen molar-refractivity contribution >= 4 is 11.7 Å². The van der Waals surface area contributed by atoms with Crippen LogP contribution in [-0.2, 0) is 4.74 Å². The predicted octanol–water partition coefficient (Wildman–Crippen LogP) is 0.912. The van der Waals surface area contributed by atoms with Gasteiger partial charge in [0.2, 0.25) is 0 Å². The van der Waals surface area contributed by atoms with Crippen LogP contribution in [0.25, 0.3) is 0 Å². The molecule has 104 valence electrons. The molecule has 1 saturated heterocycles. The van der Waals surface area contributed by atoms with E-state index in [1.165, 1.54) is 12.3 Å². The van der Waals surface area contributed by atoms with Gasteiger partial charge in [0, 0.05) is 31.9 Å². The summed E-state index contributed by atoms with van der Waals surface area (Å²) in [7, 11) is 0. The van der Waals surface area contributed by atoms with Crippen molar-refractivity contribution in [1.82, 2.24) is 9.88 Å². The van der Waals surface area contributed by atoms with Crippen LogP contribution in [-0.4, -0.2) is 59.8 Å². The average molecular weight is 265 g/mol. The Balaban J connectivity index is 1.94. The quantitative estimate of drug-likeness (QED) is 0.824. The van der Waals surface area contributed by atoms with Crippen molar-refractivity contribution in [2.75, 3.05) is 38.2 Å². The number of aromatic nitrogens is 1. The number of carbonyl (C=O) groups is 1. The first-order valence-electron chi connectivity index (χ1n) is 6.41. The van der Waals surface area contributed by atoms with Gasteiger partial charge < -0.3 is 15.2 Å². The Morgan fingerprint density at radius 1 is 1.58 bits per heavy atom. The highest BCUT2D eigenvalue weighted by atomic mass is 16.5. The molecule has 0 aromatic carbocycles. The number of carboxylic acid groups (broad SMARTS) is 1. The van der Waals surface area contributed by atoms with E-state index in [0.717, 1.165) is 32.8 Å². The summed E-state index contributed by atoms with van der Waals surface area (Å²) < 4.78 is 5.30. The summed E-state index contributed by atoms with van der Waals surface area (Å²) in [5.74, 6) is -0.941. The fourth-order valence-electron chi connectivity index (χ4n) is 2.18. The van der Waals surface area contributed by atoms with Gasteiger partial charge in [-0.3, -0.25) is 9.88 Å². The minimum Gasteiger partial charge on any atom is -0.478 e. The molecule has 1 unspecified atom stereocenters. The van der Waals surface area contributed by atoms with E-state index in [1.807, 2.05) is 6.92 Å². The van der Waals surface area contributed by atoms with Crippen LogP contribution in [0.5, 0.6) is 0 Å². The van der Waals surface area contributed by atoms with Gasteiger partial charge in [0.15, 0.2) is 0 Å². The van der Waals surface area contributed by atoms with Crippen molar-refractivity contribution in [3.63, 3.8) is 0 Å². The Morgan fingerprint density at radius 3 is 3.00 bits per heavy atom. The van der Waals surface area contributed by atoms with E-state index in [2.05, 4.69) is 15.2 Å². The molecule has 2 N–H and O–H groups in total. The van der Waals surface area contributed by atoms with Crippen LogP contribution in [0, 0.1) is 0 Å². The minimum atomic E-state index is -0.941. The molecule has 0 amide bonds. The van der Waals surface area contributed by atoms with E-state index in [0.29, 0.717) is 5.69 Å². The summed E-state index contributed by atoms with van der Waals surface area (Å²) in [5.41, 5.74) is 0.819. The number of morpholine rings is 1. The first kappa shape index (κ1) is 13.8. The van der Waals surface area contributed by atoms with Crippen LogP contribution in [0.3, 0.4) is 0 Å². The average Bonchev–Trinajstić information content (AvgIpc) is 2.40. The number of nitrogens with zero attached hydrogens (tertiary/aromatic N) is 2. The lowest BCUT2D eigenvalue weighted by Crippen LogP contribution is -2.42. The molecule has 19 heavy (non-hydrogen) atoms. The monoisotopic (exact) mass is 265 g/mol. The number of hydrogen-bond acceptors (Lipinski definition) is 5. The van der Waals surface area contributed by atoms with E-state index >= 15 is 0 Å². The Labute approximate surface area is 112 Å². The standard InChI is InChI=1S/C13H19N3O3/c1-10(9-16-4-6-19-7-5-16)15-12-8-14-3-2-11(12)13(17)18/h2-3,8,10,15H,4-7,9H2,1H3,(H,17,18). The summed E-state index contributed by atoms with van der Waals surface area (Å²) in [4.78, 5) is 17.4. The van der Waals surface area contributed by atoms with Crippen molar-refractivity contribution in [3.8, 4) is 0 Å². The smallest absolute Gasteiger partial charge is 0.337 e. The first-order valence-corrected chi connectivity index (χ1v) is 6.41. The van der Waals surface area contributed by atoms with Crippen LogP contribution < -0.4 is 5.32 Å². The summed E-state index contributed by atoms with van der Waals surface area (Å²) in [6.45, 7) is 6.26. The fourth-order valence-corrected chi connectivity index (χ4v) is 2.18. The molecule has 1 aromatic heterocycles. The lowest BCUT2D eigenvalue weighted by atomic mass is 10.2. The lowest BCUT2D eigenvalue weighted by molar-refractivity contribution is 0.0368. The van der Waals surface area contributed by atoms with Crippen molar-refractivity contribution in [3.05, 3.63) is 24.0 Å². The lowest BCUT2D eigenvalue weighted by Gasteiger charge is -2.29. The van der Waals surface area contributed by atoms with Gasteiger partial charge in [-0.15, -0.1) is 0 Å². The number of carboxylic acids is 1.